The number of rotatable bonds is 3. The van der Waals surface area contributed by atoms with Gasteiger partial charge in [0, 0.05) is 23.2 Å². The van der Waals surface area contributed by atoms with Gasteiger partial charge in [0.25, 0.3) is 0 Å². The molecule has 0 unspecified atom stereocenters. The van der Waals surface area contributed by atoms with Crippen molar-refractivity contribution in [3.05, 3.63) is 28.5 Å². The third kappa shape index (κ3) is 3.04. The fourth-order valence-corrected chi connectivity index (χ4v) is 1.97. The van der Waals surface area contributed by atoms with Crippen LogP contribution in [0.25, 0.3) is 0 Å². The number of H-pyrrole nitrogens is 1. The molecule has 0 aromatic carbocycles. The summed E-state index contributed by atoms with van der Waals surface area (Å²) in [5.74, 6) is 0. The second-order valence-electron chi connectivity index (χ2n) is 3.62. The number of amides is 2. The van der Waals surface area contributed by atoms with Crippen molar-refractivity contribution in [2.24, 2.45) is 0 Å². The van der Waals surface area contributed by atoms with Crippen molar-refractivity contribution < 1.29 is 4.79 Å². The minimum Gasteiger partial charge on any atom is -0.334 e. The monoisotopic (exact) mass is 251 g/mol. The Morgan fingerprint density at radius 1 is 1.53 bits per heavy atom. The molecule has 0 saturated carbocycles. The SMILES string of the molecule is Cc1csc(NC(=O)NCc2cn[nH]c2C)n1. The molecule has 2 aromatic rings. The lowest BCUT2D eigenvalue weighted by molar-refractivity contribution is 0.251. The van der Waals surface area contributed by atoms with Crippen molar-refractivity contribution in [3.63, 3.8) is 0 Å². The molecule has 3 N–H and O–H groups in total. The molecule has 0 fully saturated rings. The Balaban J connectivity index is 1.84. The van der Waals surface area contributed by atoms with Gasteiger partial charge in [-0.25, -0.2) is 9.78 Å². The van der Waals surface area contributed by atoms with Gasteiger partial charge >= 0.3 is 6.03 Å². The summed E-state index contributed by atoms with van der Waals surface area (Å²) in [6.07, 6.45) is 1.70. The van der Waals surface area contributed by atoms with Crippen LogP contribution >= 0.6 is 11.3 Å². The van der Waals surface area contributed by atoms with Crippen LogP contribution in [0.5, 0.6) is 0 Å². The van der Waals surface area contributed by atoms with Gasteiger partial charge < -0.3 is 5.32 Å². The zero-order valence-electron chi connectivity index (χ0n) is 9.57. The van der Waals surface area contributed by atoms with E-state index in [9.17, 15) is 4.79 Å². The minimum absolute atomic E-state index is 0.264. The lowest BCUT2D eigenvalue weighted by Gasteiger charge is -2.04. The molecule has 0 aliphatic heterocycles. The first-order chi connectivity index (χ1) is 8.15. The van der Waals surface area contributed by atoms with Crippen LogP contribution in [0.3, 0.4) is 0 Å². The first-order valence-electron chi connectivity index (χ1n) is 5.11. The lowest BCUT2D eigenvalue weighted by Crippen LogP contribution is -2.28. The van der Waals surface area contributed by atoms with Crippen molar-refractivity contribution in [3.8, 4) is 0 Å². The molecule has 90 valence electrons. The Labute approximate surface area is 102 Å². The normalized spacial score (nSPS) is 10.2. The molecule has 0 atom stereocenters. The smallest absolute Gasteiger partial charge is 0.321 e. The molecule has 0 spiro atoms. The molecule has 2 aromatic heterocycles. The van der Waals surface area contributed by atoms with Crippen LogP contribution in [0.1, 0.15) is 17.0 Å². The van der Waals surface area contributed by atoms with Crippen molar-refractivity contribution >= 4 is 22.5 Å². The van der Waals surface area contributed by atoms with Crippen LogP contribution in [0.4, 0.5) is 9.93 Å². The predicted octanol–water partition coefficient (Wildman–Crippen LogP) is 1.80. The predicted molar refractivity (Wildman–Crippen MR) is 66.0 cm³/mol. The average molecular weight is 251 g/mol. The number of nitrogens with zero attached hydrogens (tertiary/aromatic N) is 2. The highest BCUT2D eigenvalue weighted by atomic mass is 32.1. The van der Waals surface area contributed by atoms with Crippen LogP contribution in [0, 0.1) is 13.8 Å². The number of urea groups is 1. The van der Waals surface area contributed by atoms with E-state index in [0.717, 1.165) is 17.0 Å². The van der Waals surface area contributed by atoms with E-state index < -0.39 is 0 Å². The van der Waals surface area contributed by atoms with Gasteiger partial charge in [0.1, 0.15) is 0 Å². The number of hydrogen-bond acceptors (Lipinski definition) is 4. The van der Waals surface area contributed by atoms with Gasteiger partial charge in [0.2, 0.25) is 0 Å². The number of aryl methyl sites for hydroxylation is 2. The highest BCUT2D eigenvalue weighted by Crippen LogP contribution is 2.13. The first kappa shape index (κ1) is 11.6. The topological polar surface area (TPSA) is 82.7 Å². The van der Waals surface area contributed by atoms with Gasteiger partial charge in [-0.3, -0.25) is 10.4 Å². The summed E-state index contributed by atoms with van der Waals surface area (Å²) >= 11 is 1.40. The Hall–Kier alpha value is -1.89. The molecule has 2 rings (SSSR count). The largest absolute Gasteiger partial charge is 0.334 e. The van der Waals surface area contributed by atoms with Gasteiger partial charge in [-0.2, -0.15) is 5.10 Å². The second kappa shape index (κ2) is 4.96. The number of aromatic nitrogens is 3. The molecule has 2 heterocycles. The number of hydrogen-bond donors (Lipinski definition) is 3. The average Bonchev–Trinajstić information content (AvgIpc) is 2.85. The molecular formula is C10H13N5OS. The lowest BCUT2D eigenvalue weighted by atomic mass is 10.3. The quantitative estimate of drug-likeness (QED) is 0.778. The summed E-state index contributed by atoms with van der Waals surface area (Å²) in [5, 5.41) is 14.6. The second-order valence-corrected chi connectivity index (χ2v) is 4.48. The Morgan fingerprint density at radius 2 is 2.35 bits per heavy atom. The van der Waals surface area contributed by atoms with Crippen LogP contribution in [0.15, 0.2) is 11.6 Å². The molecule has 7 heteroatoms. The fraction of sp³-hybridized carbons (Fsp3) is 0.300. The maximum absolute atomic E-state index is 11.5. The summed E-state index contributed by atoms with van der Waals surface area (Å²) in [4.78, 5) is 15.7. The third-order valence-corrected chi connectivity index (χ3v) is 3.09. The zero-order chi connectivity index (χ0) is 12.3. The molecule has 0 saturated heterocycles. The van der Waals surface area contributed by atoms with E-state index in [-0.39, 0.29) is 6.03 Å². The fourth-order valence-electron chi connectivity index (χ4n) is 1.28. The van der Waals surface area contributed by atoms with Gasteiger partial charge in [0.05, 0.1) is 11.9 Å². The van der Waals surface area contributed by atoms with E-state index in [1.54, 1.807) is 6.20 Å². The van der Waals surface area contributed by atoms with Crippen LogP contribution in [0.2, 0.25) is 0 Å². The highest BCUT2D eigenvalue weighted by Gasteiger charge is 2.06. The van der Waals surface area contributed by atoms with Crippen molar-refractivity contribution in [1.29, 1.82) is 0 Å². The Kier molecular flexibility index (Phi) is 3.38. The van der Waals surface area contributed by atoms with Crippen molar-refractivity contribution in [1.82, 2.24) is 20.5 Å². The summed E-state index contributed by atoms with van der Waals surface area (Å²) in [7, 11) is 0. The van der Waals surface area contributed by atoms with Crippen molar-refractivity contribution in [2.45, 2.75) is 20.4 Å². The van der Waals surface area contributed by atoms with E-state index in [4.69, 9.17) is 0 Å². The van der Waals surface area contributed by atoms with Crippen LogP contribution in [-0.2, 0) is 6.54 Å². The summed E-state index contributed by atoms with van der Waals surface area (Å²) in [6, 6.07) is -0.264. The summed E-state index contributed by atoms with van der Waals surface area (Å²) in [6.45, 7) is 4.24. The van der Waals surface area contributed by atoms with E-state index in [2.05, 4.69) is 25.8 Å². The standard InChI is InChI=1S/C10H13N5OS/c1-6-5-17-10(13-6)14-9(16)11-3-8-4-12-15-7(8)2/h4-5H,3H2,1-2H3,(H,12,15)(H2,11,13,14,16). The number of thiazole rings is 1. The Bertz CT molecular complexity index is 518. The zero-order valence-corrected chi connectivity index (χ0v) is 10.4. The minimum atomic E-state index is -0.264. The van der Waals surface area contributed by atoms with Gasteiger partial charge in [-0.15, -0.1) is 11.3 Å². The molecule has 0 aliphatic carbocycles. The number of carbonyl (C=O) groups is 1. The van der Waals surface area contributed by atoms with Crippen LogP contribution in [-0.4, -0.2) is 21.2 Å². The van der Waals surface area contributed by atoms with Crippen LogP contribution < -0.4 is 10.6 Å². The number of nitrogens with one attached hydrogen (secondary N) is 3. The molecule has 0 bridgehead atoms. The number of anilines is 1. The summed E-state index contributed by atoms with van der Waals surface area (Å²) < 4.78 is 0. The first-order valence-corrected chi connectivity index (χ1v) is 5.99. The molecule has 2 amide bonds. The molecule has 0 aliphatic rings. The number of aromatic amines is 1. The summed E-state index contributed by atoms with van der Waals surface area (Å²) in [5.41, 5.74) is 2.82. The van der Waals surface area contributed by atoms with E-state index in [1.165, 1.54) is 11.3 Å². The molecule has 6 nitrogen and oxygen atoms in total. The molecule has 17 heavy (non-hydrogen) atoms. The van der Waals surface area contributed by atoms with E-state index >= 15 is 0 Å². The van der Waals surface area contributed by atoms with Crippen molar-refractivity contribution in [2.75, 3.05) is 5.32 Å². The maximum Gasteiger partial charge on any atom is 0.321 e. The Morgan fingerprint density at radius 3 is 2.94 bits per heavy atom. The molecular weight excluding hydrogens is 238 g/mol. The van der Waals surface area contributed by atoms with E-state index in [0.29, 0.717) is 11.7 Å². The highest BCUT2D eigenvalue weighted by molar-refractivity contribution is 7.13. The maximum atomic E-state index is 11.5. The van der Waals surface area contributed by atoms with Gasteiger partial charge in [-0.05, 0) is 13.8 Å². The molecule has 0 radical (unpaired) electrons. The third-order valence-electron chi connectivity index (χ3n) is 2.21. The van der Waals surface area contributed by atoms with E-state index in [1.807, 2.05) is 19.2 Å². The van der Waals surface area contributed by atoms with Gasteiger partial charge in [0.15, 0.2) is 5.13 Å². The number of carbonyl (C=O) groups excluding carboxylic acids is 1. The van der Waals surface area contributed by atoms with Gasteiger partial charge in [-0.1, -0.05) is 0 Å².